The number of nitrogens with two attached hydrogens (primary N) is 1. The van der Waals surface area contributed by atoms with Crippen LogP contribution in [0.1, 0.15) is 23.8 Å². The Balaban J connectivity index is 0.000000385. The van der Waals surface area contributed by atoms with Gasteiger partial charge in [0.05, 0.1) is 0 Å². The fraction of sp³-hybridized carbons (Fsp3) is 0.417. The first-order chi connectivity index (χ1) is 7.45. The van der Waals surface area contributed by atoms with Crippen LogP contribution < -0.4 is 5.73 Å². The Morgan fingerprint density at radius 1 is 1.75 bits per heavy atom. The topological polar surface area (TPSA) is 63.3 Å². The average Bonchev–Trinajstić information content (AvgIpc) is 2.62. The second-order valence-electron chi connectivity index (χ2n) is 3.65. The quantitative estimate of drug-likeness (QED) is 0.796. The second kappa shape index (κ2) is 8.07. The maximum atomic E-state index is 9.25. The summed E-state index contributed by atoms with van der Waals surface area (Å²) in [4.78, 5) is 10.7. The molecule has 0 saturated carbocycles. The number of hydrogen-bond donors (Lipinski definition) is 2. The molecular formula is C12H19NO2S. The standard InChI is InChI=1S/C9H15NS.C3H4O2/c1-7-5-9(11-6-7)4-3-8(2)10;1-2-3(4)5/h5-6,8H,3-4,10H2,1-2H3;2H,1H2,(H,4,5). The van der Waals surface area contributed by atoms with Gasteiger partial charge in [0.25, 0.3) is 0 Å². The van der Waals surface area contributed by atoms with Crippen molar-refractivity contribution < 1.29 is 9.90 Å². The molecule has 90 valence electrons. The lowest BCUT2D eigenvalue weighted by Gasteiger charge is -2.01. The highest BCUT2D eigenvalue weighted by atomic mass is 32.1. The van der Waals surface area contributed by atoms with Crippen LogP contribution in [0.25, 0.3) is 0 Å². The minimum atomic E-state index is -0.981. The maximum absolute atomic E-state index is 9.25. The summed E-state index contributed by atoms with van der Waals surface area (Å²) in [5, 5.41) is 9.80. The molecule has 1 aromatic rings. The summed E-state index contributed by atoms with van der Waals surface area (Å²) in [6.07, 6.45) is 3.07. The first kappa shape index (κ1) is 14.9. The molecule has 1 heterocycles. The molecular weight excluding hydrogens is 222 g/mol. The van der Waals surface area contributed by atoms with Crippen molar-refractivity contribution in [1.29, 1.82) is 0 Å². The number of hydrogen-bond acceptors (Lipinski definition) is 3. The van der Waals surface area contributed by atoms with Crippen LogP contribution in [-0.4, -0.2) is 17.1 Å². The summed E-state index contributed by atoms with van der Waals surface area (Å²) in [5.74, 6) is -0.981. The molecule has 0 fully saturated rings. The minimum absolute atomic E-state index is 0.331. The van der Waals surface area contributed by atoms with E-state index < -0.39 is 5.97 Å². The van der Waals surface area contributed by atoms with Crippen molar-refractivity contribution in [2.45, 2.75) is 32.7 Å². The van der Waals surface area contributed by atoms with Crippen molar-refractivity contribution >= 4 is 17.3 Å². The molecule has 1 rings (SSSR count). The molecule has 0 amide bonds. The molecule has 3 nitrogen and oxygen atoms in total. The van der Waals surface area contributed by atoms with Crippen molar-refractivity contribution in [1.82, 2.24) is 0 Å². The Kier molecular flexibility index (Phi) is 7.50. The summed E-state index contributed by atoms with van der Waals surface area (Å²) < 4.78 is 0. The Bertz CT molecular complexity index is 332. The minimum Gasteiger partial charge on any atom is -0.478 e. The monoisotopic (exact) mass is 241 g/mol. The second-order valence-corrected chi connectivity index (χ2v) is 4.64. The molecule has 4 heteroatoms. The predicted octanol–water partition coefficient (Wildman–Crippen LogP) is 2.59. The number of aryl methyl sites for hydroxylation is 2. The smallest absolute Gasteiger partial charge is 0.327 e. The Hall–Kier alpha value is -1.13. The SMILES string of the molecule is C=CC(=O)O.Cc1csc(CCC(C)N)c1. The normalized spacial score (nSPS) is 11.2. The third-order valence-corrected chi connectivity index (χ3v) is 2.92. The van der Waals surface area contributed by atoms with Gasteiger partial charge < -0.3 is 10.8 Å². The molecule has 0 aliphatic heterocycles. The van der Waals surface area contributed by atoms with Gasteiger partial charge in [0, 0.05) is 17.0 Å². The van der Waals surface area contributed by atoms with E-state index in [-0.39, 0.29) is 0 Å². The molecule has 3 N–H and O–H groups in total. The molecule has 0 bridgehead atoms. The average molecular weight is 241 g/mol. The van der Waals surface area contributed by atoms with Crippen LogP contribution >= 0.6 is 11.3 Å². The zero-order chi connectivity index (χ0) is 12.6. The zero-order valence-corrected chi connectivity index (χ0v) is 10.6. The van der Waals surface area contributed by atoms with E-state index in [9.17, 15) is 4.79 Å². The molecule has 0 radical (unpaired) electrons. The van der Waals surface area contributed by atoms with Gasteiger partial charge in [-0.25, -0.2) is 4.79 Å². The Labute approximate surface area is 101 Å². The van der Waals surface area contributed by atoms with Gasteiger partial charge in [0.2, 0.25) is 0 Å². The van der Waals surface area contributed by atoms with Crippen molar-refractivity contribution in [3.05, 3.63) is 34.5 Å². The number of carboxylic acids is 1. The summed E-state index contributed by atoms with van der Waals surface area (Å²) in [6.45, 7) is 7.15. The summed E-state index contributed by atoms with van der Waals surface area (Å²) >= 11 is 1.84. The Morgan fingerprint density at radius 2 is 2.31 bits per heavy atom. The molecule has 1 aromatic heterocycles. The van der Waals surface area contributed by atoms with Gasteiger partial charge in [-0.05, 0) is 43.7 Å². The van der Waals surface area contributed by atoms with E-state index in [0.717, 1.165) is 18.9 Å². The molecule has 16 heavy (non-hydrogen) atoms. The number of thiophene rings is 1. The van der Waals surface area contributed by atoms with Crippen LogP contribution in [0.2, 0.25) is 0 Å². The molecule has 0 aromatic carbocycles. The Morgan fingerprint density at radius 3 is 2.62 bits per heavy atom. The summed E-state index contributed by atoms with van der Waals surface area (Å²) in [7, 11) is 0. The fourth-order valence-corrected chi connectivity index (χ4v) is 1.89. The van der Waals surface area contributed by atoms with Gasteiger partial charge in [-0.3, -0.25) is 0 Å². The van der Waals surface area contributed by atoms with Crippen LogP contribution in [0.15, 0.2) is 24.1 Å². The maximum Gasteiger partial charge on any atom is 0.327 e. The summed E-state index contributed by atoms with van der Waals surface area (Å²) in [5.41, 5.74) is 7.02. The van der Waals surface area contributed by atoms with Crippen molar-refractivity contribution in [2.24, 2.45) is 5.73 Å². The first-order valence-electron chi connectivity index (χ1n) is 5.10. The third-order valence-electron chi connectivity index (χ3n) is 1.81. The zero-order valence-electron chi connectivity index (χ0n) is 9.77. The highest BCUT2D eigenvalue weighted by Gasteiger charge is 1.98. The van der Waals surface area contributed by atoms with Gasteiger partial charge >= 0.3 is 5.97 Å². The highest BCUT2D eigenvalue weighted by Crippen LogP contribution is 2.15. The van der Waals surface area contributed by atoms with E-state index in [4.69, 9.17) is 10.8 Å². The van der Waals surface area contributed by atoms with Gasteiger partial charge in [0.15, 0.2) is 0 Å². The van der Waals surface area contributed by atoms with Crippen LogP contribution in [-0.2, 0) is 11.2 Å². The predicted molar refractivity (Wildman–Crippen MR) is 68.9 cm³/mol. The molecule has 1 atom stereocenters. The lowest BCUT2D eigenvalue weighted by molar-refractivity contribution is -0.131. The fourth-order valence-electron chi connectivity index (χ4n) is 0.992. The van der Waals surface area contributed by atoms with Gasteiger partial charge in [-0.2, -0.15) is 0 Å². The highest BCUT2D eigenvalue weighted by molar-refractivity contribution is 7.10. The van der Waals surface area contributed by atoms with E-state index in [2.05, 4.69) is 31.9 Å². The molecule has 1 unspecified atom stereocenters. The van der Waals surface area contributed by atoms with Gasteiger partial charge in [0.1, 0.15) is 0 Å². The van der Waals surface area contributed by atoms with E-state index in [1.807, 2.05) is 11.3 Å². The van der Waals surface area contributed by atoms with Crippen molar-refractivity contribution in [3.63, 3.8) is 0 Å². The molecule has 0 aliphatic rings. The number of carboxylic acid groups (broad SMARTS) is 1. The van der Waals surface area contributed by atoms with E-state index in [1.54, 1.807) is 0 Å². The number of carbonyl (C=O) groups is 1. The summed E-state index contributed by atoms with van der Waals surface area (Å²) in [6, 6.07) is 2.57. The van der Waals surface area contributed by atoms with Crippen molar-refractivity contribution in [2.75, 3.05) is 0 Å². The van der Waals surface area contributed by atoms with E-state index in [1.165, 1.54) is 10.4 Å². The lowest BCUT2D eigenvalue weighted by Crippen LogP contribution is -2.14. The molecule has 0 aliphatic carbocycles. The first-order valence-corrected chi connectivity index (χ1v) is 5.98. The van der Waals surface area contributed by atoms with Gasteiger partial charge in [-0.15, -0.1) is 11.3 Å². The van der Waals surface area contributed by atoms with Gasteiger partial charge in [-0.1, -0.05) is 6.58 Å². The van der Waals surface area contributed by atoms with Crippen LogP contribution in [0.5, 0.6) is 0 Å². The molecule has 0 spiro atoms. The van der Waals surface area contributed by atoms with E-state index in [0.29, 0.717) is 6.04 Å². The molecule has 0 saturated heterocycles. The van der Waals surface area contributed by atoms with Crippen molar-refractivity contribution in [3.8, 4) is 0 Å². The van der Waals surface area contributed by atoms with Crippen LogP contribution in [0, 0.1) is 6.92 Å². The van der Waals surface area contributed by atoms with E-state index >= 15 is 0 Å². The number of rotatable bonds is 4. The van der Waals surface area contributed by atoms with Crippen LogP contribution in [0.4, 0.5) is 0 Å². The lowest BCUT2D eigenvalue weighted by atomic mass is 10.1. The third kappa shape index (κ3) is 8.20. The number of aliphatic carboxylic acids is 1. The largest absolute Gasteiger partial charge is 0.478 e. The van der Waals surface area contributed by atoms with Crippen LogP contribution in [0.3, 0.4) is 0 Å².